The van der Waals surface area contributed by atoms with Crippen molar-refractivity contribution in [2.24, 2.45) is 5.92 Å². The highest BCUT2D eigenvalue weighted by atomic mass is 79.9. The Hall–Kier alpha value is -1.68. The van der Waals surface area contributed by atoms with E-state index in [1.165, 1.54) is 12.1 Å². The zero-order chi connectivity index (χ0) is 15.7. The van der Waals surface area contributed by atoms with Crippen molar-refractivity contribution < 1.29 is 9.18 Å². The maximum Gasteiger partial charge on any atom is 0.226 e. The van der Waals surface area contributed by atoms with Gasteiger partial charge in [-0.25, -0.2) is 4.39 Å². The standard InChI is InChI=1S/C18H17BrFNO/c1-21(11-12-2-6-14(19)7-3-12)18(22)17-10-16(17)13-4-8-15(20)9-5-13/h2-9,16-17H,10-11H2,1H3. The van der Waals surface area contributed by atoms with Gasteiger partial charge in [-0.15, -0.1) is 0 Å². The van der Waals surface area contributed by atoms with Gasteiger partial charge in [0, 0.05) is 24.0 Å². The third-order valence-corrected chi connectivity index (χ3v) is 4.64. The Balaban J connectivity index is 1.60. The van der Waals surface area contributed by atoms with Gasteiger partial charge in [0.1, 0.15) is 5.82 Å². The van der Waals surface area contributed by atoms with Gasteiger partial charge in [-0.3, -0.25) is 4.79 Å². The molecule has 0 spiro atoms. The van der Waals surface area contributed by atoms with E-state index in [4.69, 9.17) is 0 Å². The average Bonchev–Trinajstić information content (AvgIpc) is 3.30. The van der Waals surface area contributed by atoms with Crippen molar-refractivity contribution in [3.8, 4) is 0 Å². The first-order valence-electron chi connectivity index (χ1n) is 7.29. The molecular formula is C18H17BrFNO. The topological polar surface area (TPSA) is 20.3 Å². The average molecular weight is 362 g/mol. The molecule has 2 atom stereocenters. The van der Waals surface area contributed by atoms with Crippen molar-refractivity contribution >= 4 is 21.8 Å². The Morgan fingerprint density at radius 3 is 2.45 bits per heavy atom. The van der Waals surface area contributed by atoms with E-state index in [2.05, 4.69) is 15.9 Å². The van der Waals surface area contributed by atoms with E-state index < -0.39 is 0 Å². The zero-order valence-electron chi connectivity index (χ0n) is 12.3. The normalized spacial score (nSPS) is 19.8. The predicted molar refractivity (Wildman–Crippen MR) is 87.9 cm³/mol. The van der Waals surface area contributed by atoms with Gasteiger partial charge in [-0.2, -0.15) is 0 Å². The quantitative estimate of drug-likeness (QED) is 0.792. The third kappa shape index (κ3) is 3.38. The van der Waals surface area contributed by atoms with Crippen molar-refractivity contribution in [3.63, 3.8) is 0 Å². The molecule has 2 aromatic carbocycles. The molecule has 1 saturated carbocycles. The lowest BCUT2D eigenvalue weighted by molar-refractivity contribution is -0.131. The van der Waals surface area contributed by atoms with Crippen LogP contribution in [0.2, 0.25) is 0 Å². The maximum atomic E-state index is 12.9. The second-order valence-electron chi connectivity index (χ2n) is 5.82. The Bertz CT molecular complexity index is 664. The number of rotatable bonds is 4. The summed E-state index contributed by atoms with van der Waals surface area (Å²) in [5.41, 5.74) is 2.16. The zero-order valence-corrected chi connectivity index (χ0v) is 13.9. The number of amides is 1. The van der Waals surface area contributed by atoms with Crippen LogP contribution in [0.5, 0.6) is 0 Å². The summed E-state index contributed by atoms with van der Waals surface area (Å²) in [6, 6.07) is 14.5. The molecule has 2 aromatic rings. The molecule has 4 heteroatoms. The number of nitrogens with zero attached hydrogens (tertiary/aromatic N) is 1. The second kappa shape index (κ2) is 6.21. The van der Waals surface area contributed by atoms with E-state index in [1.807, 2.05) is 31.3 Å². The molecule has 0 bridgehead atoms. The number of carbonyl (C=O) groups is 1. The van der Waals surface area contributed by atoms with Gasteiger partial charge in [0.05, 0.1) is 0 Å². The van der Waals surface area contributed by atoms with Crippen molar-refractivity contribution in [1.29, 1.82) is 0 Å². The number of hydrogen-bond acceptors (Lipinski definition) is 1. The molecule has 0 aromatic heterocycles. The number of benzene rings is 2. The van der Waals surface area contributed by atoms with Crippen molar-refractivity contribution in [3.05, 3.63) is 69.9 Å². The smallest absolute Gasteiger partial charge is 0.226 e. The molecule has 22 heavy (non-hydrogen) atoms. The lowest BCUT2D eigenvalue weighted by Gasteiger charge is -2.17. The Morgan fingerprint density at radius 1 is 1.18 bits per heavy atom. The molecule has 0 N–H and O–H groups in total. The van der Waals surface area contributed by atoms with Crippen LogP contribution in [0, 0.1) is 11.7 Å². The van der Waals surface area contributed by atoms with Crippen molar-refractivity contribution in [2.75, 3.05) is 7.05 Å². The van der Waals surface area contributed by atoms with Gasteiger partial charge in [0.2, 0.25) is 5.91 Å². The van der Waals surface area contributed by atoms with Crippen LogP contribution in [0.3, 0.4) is 0 Å². The van der Waals surface area contributed by atoms with Gasteiger partial charge in [0.25, 0.3) is 0 Å². The van der Waals surface area contributed by atoms with E-state index in [0.29, 0.717) is 6.54 Å². The fourth-order valence-electron chi connectivity index (χ4n) is 2.77. The van der Waals surface area contributed by atoms with Crippen molar-refractivity contribution in [1.82, 2.24) is 4.90 Å². The molecule has 0 saturated heterocycles. The van der Waals surface area contributed by atoms with E-state index in [9.17, 15) is 9.18 Å². The van der Waals surface area contributed by atoms with Crippen LogP contribution < -0.4 is 0 Å². The first-order chi connectivity index (χ1) is 10.5. The predicted octanol–water partition coefficient (Wildman–Crippen LogP) is 4.35. The summed E-state index contributed by atoms with van der Waals surface area (Å²) < 4.78 is 14.0. The molecular weight excluding hydrogens is 345 g/mol. The number of halogens is 2. The minimum absolute atomic E-state index is 0.0332. The largest absolute Gasteiger partial charge is 0.341 e. The van der Waals surface area contributed by atoms with Gasteiger partial charge >= 0.3 is 0 Å². The molecule has 1 fully saturated rings. The Morgan fingerprint density at radius 2 is 1.82 bits per heavy atom. The molecule has 1 amide bonds. The minimum atomic E-state index is -0.236. The first kappa shape index (κ1) is 15.2. The number of carbonyl (C=O) groups excluding carboxylic acids is 1. The van der Waals surface area contributed by atoms with E-state index in [0.717, 1.165) is 22.0 Å². The second-order valence-corrected chi connectivity index (χ2v) is 6.74. The lowest BCUT2D eigenvalue weighted by Crippen LogP contribution is -2.28. The Kier molecular flexibility index (Phi) is 4.30. The highest BCUT2D eigenvalue weighted by Gasteiger charge is 2.45. The summed E-state index contributed by atoms with van der Waals surface area (Å²) in [5.74, 6) is 0.197. The molecule has 3 rings (SSSR count). The van der Waals surface area contributed by atoms with Gasteiger partial charge < -0.3 is 4.90 Å². The molecule has 0 aliphatic heterocycles. The summed E-state index contributed by atoms with van der Waals surface area (Å²) in [6.07, 6.45) is 0.856. The van der Waals surface area contributed by atoms with E-state index in [1.54, 1.807) is 17.0 Å². The summed E-state index contributed by atoms with van der Waals surface area (Å²) in [4.78, 5) is 14.2. The van der Waals surface area contributed by atoms with Crippen LogP contribution in [0.1, 0.15) is 23.5 Å². The van der Waals surface area contributed by atoms with Gasteiger partial charge in [-0.05, 0) is 47.7 Å². The fourth-order valence-corrected chi connectivity index (χ4v) is 3.04. The van der Waals surface area contributed by atoms with Crippen LogP contribution in [0.4, 0.5) is 4.39 Å². The van der Waals surface area contributed by atoms with Crippen LogP contribution in [-0.4, -0.2) is 17.9 Å². The van der Waals surface area contributed by atoms with Crippen molar-refractivity contribution in [2.45, 2.75) is 18.9 Å². The molecule has 2 unspecified atom stereocenters. The molecule has 114 valence electrons. The van der Waals surface area contributed by atoms with E-state index in [-0.39, 0.29) is 23.6 Å². The van der Waals surface area contributed by atoms with E-state index >= 15 is 0 Å². The summed E-state index contributed by atoms with van der Waals surface area (Å²) >= 11 is 3.41. The molecule has 0 radical (unpaired) electrons. The van der Waals surface area contributed by atoms with Crippen LogP contribution in [0.25, 0.3) is 0 Å². The van der Waals surface area contributed by atoms with Gasteiger partial charge in [-0.1, -0.05) is 40.2 Å². The number of hydrogen-bond donors (Lipinski definition) is 0. The van der Waals surface area contributed by atoms with Gasteiger partial charge in [0.15, 0.2) is 0 Å². The Labute approximate surface area is 138 Å². The van der Waals surface area contributed by atoms with Crippen LogP contribution >= 0.6 is 15.9 Å². The highest BCUT2D eigenvalue weighted by Crippen LogP contribution is 2.48. The monoisotopic (exact) mass is 361 g/mol. The summed E-state index contributed by atoms with van der Waals surface area (Å²) in [6.45, 7) is 0.610. The third-order valence-electron chi connectivity index (χ3n) is 4.12. The lowest BCUT2D eigenvalue weighted by atomic mass is 10.1. The van der Waals surface area contributed by atoms with Crippen LogP contribution in [0.15, 0.2) is 53.0 Å². The fraction of sp³-hybridized carbons (Fsp3) is 0.278. The summed E-state index contributed by atoms with van der Waals surface area (Å²) in [7, 11) is 1.84. The summed E-state index contributed by atoms with van der Waals surface area (Å²) in [5, 5.41) is 0. The SMILES string of the molecule is CN(Cc1ccc(Br)cc1)C(=O)C1CC1c1ccc(F)cc1. The molecule has 1 aliphatic carbocycles. The molecule has 0 heterocycles. The first-order valence-corrected chi connectivity index (χ1v) is 8.09. The minimum Gasteiger partial charge on any atom is -0.341 e. The maximum absolute atomic E-state index is 12.9. The molecule has 1 aliphatic rings. The molecule has 2 nitrogen and oxygen atoms in total. The highest BCUT2D eigenvalue weighted by molar-refractivity contribution is 9.10. The van der Waals surface area contributed by atoms with Crippen LogP contribution in [-0.2, 0) is 11.3 Å².